The van der Waals surface area contributed by atoms with Crippen LogP contribution in [0.2, 0.25) is 10.0 Å². The number of anilines is 2. The Labute approximate surface area is 182 Å². The van der Waals surface area contributed by atoms with E-state index in [4.69, 9.17) is 23.2 Å². The lowest BCUT2D eigenvalue weighted by Gasteiger charge is -2.19. The zero-order chi connectivity index (χ0) is 21.2. The summed E-state index contributed by atoms with van der Waals surface area (Å²) in [4.78, 5) is 22.7. The Morgan fingerprint density at radius 2 is 2.00 bits per heavy atom. The fourth-order valence-corrected chi connectivity index (χ4v) is 4.64. The number of rotatable bonds is 6. The molecule has 0 radical (unpaired) electrons. The number of hydrogen-bond donors (Lipinski definition) is 1. The van der Waals surface area contributed by atoms with Gasteiger partial charge in [0, 0.05) is 29.3 Å². The molecular weight excluding hydrogens is 455 g/mol. The van der Waals surface area contributed by atoms with Crippen LogP contribution in [0.25, 0.3) is 0 Å². The number of pyridine rings is 1. The third-order valence-corrected chi connectivity index (χ3v) is 6.74. The average Bonchev–Trinajstić information content (AvgIpc) is 3.18. The van der Waals surface area contributed by atoms with E-state index in [1.807, 2.05) is 0 Å². The molecule has 0 atom stereocenters. The third-order valence-electron chi connectivity index (χ3n) is 3.95. The van der Waals surface area contributed by atoms with Crippen LogP contribution < -0.4 is 9.62 Å². The van der Waals surface area contributed by atoms with Crippen molar-refractivity contribution in [2.75, 3.05) is 16.2 Å². The van der Waals surface area contributed by atoms with Crippen molar-refractivity contribution < 1.29 is 13.2 Å². The SMILES string of the molecule is CCN(C(=O)c1ncc(Cl)cc1NS(=O)(=O)c1ccc(Cl)c(C)c1)c1nccs1. The molecule has 11 heteroatoms. The van der Waals surface area contributed by atoms with Gasteiger partial charge in [0.15, 0.2) is 10.8 Å². The number of halogens is 2. The van der Waals surface area contributed by atoms with Crippen LogP contribution in [-0.2, 0) is 10.0 Å². The Kier molecular flexibility index (Phi) is 6.42. The van der Waals surface area contributed by atoms with Gasteiger partial charge >= 0.3 is 0 Å². The number of nitrogens with one attached hydrogen (secondary N) is 1. The quantitative estimate of drug-likeness (QED) is 0.567. The molecule has 2 aromatic heterocycles. The van der Waals surface area contributed by atoms with Crippen molar-refractivity contribution in [2.24, 2.45) is 0 Å². The van der Waals surface area contributed by atoms with Crippen LogP contribution in [0.5, 0.6) is 0 Å². The summed E-state index contributed by atoms with van der Waals surface area (Å²) in [5.41, 5.74) is 0.502. The van der Waals surface area contributed by atoms with Crippen LogP contribution in [0.1, 0.15) is 23.0 Å². The molecule has 152 valence electrons. The van der Waals surface area contributed by atoms with E-state index in [1.54, 1.807) is 25.4 Å². The lowest BCUT2D eigenvalue weighted by atomic mass is 10.2. The molecule has 0 aliphatic carbocycles. The van der Waals surface area contributed by atoms with Crippen molar-refractivity contribution in [1.82, 2.24) is 9.97 Å². The van der Waals surface area contributed by atoms with Crippen molar-refractivity contribution in [2.45, 2.75) is 18.7 Å². The molecule has 1 aromatic carbocycles. The summed E-state index contributed by atoms with van der Waals surface area (Å²) in [5, 5.41) is 2.86. The fraction of sp³-hybridized carbons (Fsp3) is 0.167. The number of amides is 1. The van der Waals surface area contributed by atoms with Crippen molar-refractivity contribution in [3.63, 3.8) is 0 Å². The lowest BCUT2D eigenvalue weighted by molar-refractivity contribution is 0.0984. The van der Waals surface area contributed by atoms with Gasteiger partial charge in [-0.1, -0.05) is 23.2 Å². The summed E-state index contributed by atoms with van der Waals surface area (Å²) in [5.74, 6) is -0.496. The number of nitrogens with zero attached hydrogens (tertiary/aromatic N) is 3. The number of carbonyl (C=O) groups excluding carboxylic acids is 1. The molecule has 1 amide bonds. The highest BCUT2D eigenvalue weighted by Crippen LogP contribution is 2.27. The second-order valence-electron chi connectivity index (χ2n) is 5.93. The van der Waals surface area contributed by atoms with Gasteiger partial charge in [-0.2, -0.15) is 0 Å². The summed E-state index contributed by atoms with van der Waals surface area (Å²) < 4.78 is 28.1. The average molecular weight is 471 g/mol. The van der Waals surface area contributed by atoms with Gasteiger partial charge in [0.2, 0.25) is 0 Å². The van der Waals surface area contributed by atoms with E-state index >= 15 is 0 Å². The first-order valence-corrected chi connectivity index (χ1v) is 11.5. The van der Waals surface area contributed by atoms with E-state index < -0.39 is 15.9 Å². The maximum Gasteiger partial charge on any atom is 0.280 e. The van der Waals surface area contributed by atoms with Crippen LogP contribution in [0.4, 0.5) is 10.8 Å². The molecule has 0 saturated heterocycles. The summed E-state index contributed by atoms with van der Waals surface area (Å²) in [7, 11) is -4.00. The van der Waals surface area contributed by atoms with Crippen LogP contribution in [0.15, 0.2) is 46.9 Å². The van der Waals surface area contributed by atoms with Crippen molar-refractivity contribution >= 4 is 61.3 Å². The van der Waals surface area contributed by atoms with Gasteiger partial charge in [-0.3, -0.25) is 14.4 Å². The maximum absolute atomic E-state index is 13.1. The summed E-state index contributed by atoms with van der Waals surface area (Å²) in [6.07, 6.45) is 2.87. The molecule has 0 aliphatic rings. The van der Waals surface area contributed by atoms with Gasteiger partial charge < -0.3 is 0 Å². The molecule has 3 aromatic rings. The highest BCUT2D eigenvalue weighted by Gasteiger charge is 2.25. The molecule has 0 aliphatic heterocycles. The lowest BCUT2D eigenvalue weighted by Crippen LogP contribution is -2.32. The topological polar surface area (TPSA) is 92.3 Å². The van der Waals surface area contributed by atoms with Crippen LogP contribution in [-0.4, -0.2) is 30.8 Å². The highest BCUT2D eigenvalue weighted by molar-refractivity contribution is 7.92. The van der Waals surface area contributed by atoms with Crippen LogP contribution >= 0.6 is 34.5 Å². The van der Waals surface area contributed by atoms with Gasteiger partial charge in [0.05, 0.1) is 15.6 Å². The van der Waals surface area contributed by atoms with Crippen molar-refractivity contribution in [1.29, 1.82) is 0 Å². The minimum Gasteiger partial charge on any atom is -0.283 e. The first-order chi connectivity index (χ1) is 13.7. The van der Waals surface area contributed by atoms with Crippen LogP contribution in [0, 0.1) is 6.92 Å². The van der Waals surface area contributed by atoms with E-state index in [1.165, 1.54) is 46.7 Å². The summed E-state index contributed by atoms with van der Waals surface area (Å²) in [6, 6.07) is 5.66. The van der Waals surface area contributed by atoms with Gasteiger partial charge in [-0.05, 0) is 43.7 Å². The highest BCUT2D eigenvalue weighted by atomic mass is 35.5. The second-order valence-corrected chi connectivity index (χ2v) is 9.33. The number of hydrogen-bond acceptors (Lipinski definition) is 6. The Balaban J connectivity index is 2.00. The number of aromatic nitrogens is 2. The third kappa shape index (κ3) is 4.69. The monoisotopic (exact) mass is 470 g/mol. The number of sulfonamides is 1. The molecule has 7 nitrogen and oxygen atoms in total. The first kappa shape index (κ1) is 21.5. The minimum absolute atomic E-state index is 0.00467. The van der Waals surface area contributed by atoms with E-state index in [0.29, 0.717) is 22.3 Å². The van der Waals surface area contributed by atoms with Gasteiger partial charge in [-0.15, -0.1) is 11.3 Å². The molecule has 0 unspecified atom stereocenters. The molecule has 3 rings (SSSR count). The molecule has 0 bridgehead atoms. The number of aryl methyl sites for hydroxylation is 1. The second kappa shape index (κ2) is 8.66. The molecule has 1 N–H and O–H groups in total. The van der Waals surface area contributed by atoms with E-state index in [9.17, 15) is 13.2 Å². The zero-order valence-electron chi connectivity index (χ0n) is 15.4. The fourth-order valence-electron chi connectivity index (χ4n) is 2.52. The van der Waals surface area contributed by atoms with Gasteiger partial charge in [0.1, 0.15) is 0 Å². The Morgan fingerprint density at radius 3 is 2.62 bits per heavy atom. The number of benzene rings is 1. The van der Waals surface area contributed by atoms with Gasteiger partial charge in [-0.25, -0.2) is 18.4 Å². The molecule has 0 saturated carbocycles. The maximum atomic E-state index is 13.1. The summed E-state index contributed by atoms with van der Waals surface area (Å²) in [6.45, 7) is 3.82. The minimum atomic E-state index is -4.00. The standard InChI is InChI=1S/C18H16Cl2N4O3S2/c1-3-24(18-21-6-7-28-18)17(25)16-15(9-12(19)10-22-16)23-29(26,27)13-4-5-14(20)11(2)8-13/h4-10,23H,3H2,1-2H3. The first-order valence-electron chi connectivity index (χ1n) is 8.39. The van der Waals surface area contributed by atoms with E-state index in [-0.39, 0.29) is 21.3 Å². The predicted molar refractivity (Wildman–Crippen MR) is 116 cm³/mol. The number of thiazole rings is 1. The van der Waals surface area contributed by atoms with Gasteiger partial charge in [0.25, 0.3) is 15.9 Å². The predicted octanol–water partition coefficient (Wildman–Crippen LogP) is 4.62. The van der Waals surface area contributed by atoms with Crippen molar-refractivity contribution in [3.05, 3.63) is 63.3 Å². The molecular formula is C18H16Cl2N4O3S2. The van der Waals surface area contributed by atoms with E-state index in [2.05, 4.69) is 14.7 Å². The van der Waals surface area contributed by atoms with Crippen LogP contribution in [0.3, 0.4) is 0 Å². The largest absolute Gasteiger partial charge is 0.283 e. The normalized spacial score (nSPS) is 11.3. The molecule has 29 heavy (non-hydrogen) atoms. The molecule has 0 spiro atoms. The van der Waals surface area contributed by atoms with E-state index in [0.717, 1.165) is 0 Å². The Hall–Kier alpha value is -2.20. The van der Waals surface area contributed by atoms with Crippen molar-refractivity contribution in [3.8, 4) is 0 Å². The zero-order valence-corrected chi connectivity index (χ0v) is 18.5. The smallest absolute Gasteiger partial charge is 0.280 e. The Morgan fingerprint density at radius 1 is 1.24 bits per heavy atom. The molecule has 2 heterocycles. The molecule has 0 fully saturated rings. The Bertz CT molecular complexity index is 1150. The summed E-state index contributed by atoms with van der Waals surface area (Å²) >= 11 is 13.3. The number of carbonyl (C=O) groups is 1.